The number of benzene rings is 2. The van der Waals surface area contributed by atoms with Crippen LogP contribution in [-0.2, 0) is 6.42 Å². The number of phenols is 1. The molecule has 1 saturated carbocycles. The van der Waals surface area contributed by atoms with Crippen LogP contribution >= 0.6 is 0 Å². The minimum absolute atomic E-state index is 0.0498. The first-order valence-electron chi connectivity index (χ1n) is 10.4. The van der Waals surface area contributed by atoms with Gasteiger partial charge in [-0.15, -0.1) is 0 Å². The Morgan fingerprint density at radius 3 is 2.42 bits per heavy atom. The Morgan fingerprint density at radius 1 is 1.03 bits per heavy atom. The summed E-state index contributed by atoms with van der Waals surface area (Å²) in [6, 6.07) is 9.07. The number of halogens is 1. The van der Waals surface area contributed by atoms with E-state index in [4.69, 9.17) is 0 Å². The Labute approximate surface area is 178 Å². The third-order valence-corrected chi connectivity index (χ3v) is 5.74. The zero-order valence-corrected chi connectivity index (χ0v) is 16.9. The summed E-state index contributed by atoms with van der Waals surface area (Å²) in [7, 11) is 0. The van der Waals surface area contributed by atoms with E-state index in [1.807, 2.05) is 0 Å². The molecular formula is C24H23FN2O4. The summed E-state index contributed by atoms with van der Waals surface area (Å²) in [6.07, 6.45) is 7.00. The van der Waals surface area contributed by atoms with Crippen molar-refractivity contribution in [3.8, 4) is 5.75 Å². The normalized spacial score (nSPS) is 14.5. The Balaban J connectivity index is 1.75. The lowest BCUT2D eigenvalue weighted by molar-refractivity contribution is 0.0694. The minimum atomic E-state index is -1.33. The number of pyridine rings is 1. The van der Waals surface area contributed by atoms with E-state index in [2.05, 4.69) is 10.3 Å². The zero-order valence-electron chi connectivity index (χ0n) is 16.9. The number of aromatic hydroxyl groups is 1. The third kappa shape index (κ3) is 4.50. The van der Waals surface area contributed by atoms with Crippen molar-refractivity contribution in [2.45, 2.75) is 44.6 Å². The van der Waals surface area contributed by atoms with Crippen molar-refractivity contribution in [1.29, 1.82) is 0 Å². The number of nitrogens with one attached hydrogen (secondary N) is 1. The number of carboxylic acids is 1. The molecule has 0 aliphatic heterocycles. The van der Waals surface area contributed by atoms with Gasteiger partial charge in [-0.1, -0.05) is 31.4 Å². The average Bonchev–Trinajstić information content (AvgIpc) is 2.76. The molecule has 1 amide bonds. The van der Waals surface area contributed by atoms with Gasteiger partial charge in [-0.25, -0.2) is 9.18 Å². The van der Waals surface area contributed by atoms with E-state index >= 15 is 0 Å². The fourth-order valence-electron chi connectivity index (χ4n) is 4.12. The van der Waals surface area contributed by atoms with Gasteiger partial charge in [0.2, 0.25) is 0 Å². The highest BCUT2D eigenvalue weighted by atomic mass is 19.1. The lowest BCUT2D eigenvalue weighted by Gasteiger charge is -2.23. The summed E-state index contributed by atoms with van der Waals surface area (Å²) >= 11 is 0. The molecule has 160 valence electrons. The topological polar surface area (TPSA) is 99.5 Å². The SMILES string of the molecule is O=C(O)c1cc(C(=O)NC2CCCCC2)c2cc(Cc3ccc(F)cc3)cnc2c1O. The number of aromatic carboxylic acids is 1. The Bertz CT molecular complexity index is 1140. The fraction of sp³-hybridized carbons (Fsp3) is 0.292. The highest BCUT2D eigenvalue weighted by molar-refractivity contribution is 6.11. The second-order valence-corrected chi connectivity index (χ2v) is 7.98. The summed E-state index contributed by atoms with van der Waals surface area (Å²) in [5.41, 5.74) is 1.50. The minimum Gasteiger partial charge on any atom is -0.505 e. The summed E-state index contributed by atoms with van der Waals surface area (Å²) in [4.78, 5) is 28.9. The Kier molecular flexibility index (Phi) is 5.84. The van der Waals surface area contributed by atoms with Gasteiger partial charge in [-0.2, -0.15) is 0 Å². The molecule has 1 aliphatic carbocycles. The second kappa shape index (κ2) is 8.71. The first kappa shape index (κ1) is 20.8. The van der Waals surface area contributed by atoms with E-state index in [-0.39, 0.29) is 34.4 Å². The van der Waals surface area contributed by atoms with Crippen LogP contribution in [0.1, 0.15) is 63.9 Å². The van der Waals surface area contributed by atoms with Crippen molar-refractivity contribution in [3.05, 3.63) is 70.7 Å². The Hall–Kier alpha value is -3.48. The Morgan fingerprint density at radius 2 is 1.74 bits per heavy atom. The molecule has 6 nitrogen and oxygen atoms in total. The quantitative estimate of drug-likeness (QED) is 0.565. The van der Waals surface area contributed by atoms with Crippen LogP contribution in [0.15, 0.2) is 42.6 Å². The van der Waals surface area contributed by atoms with Gasteiger partial charge in [0.05, 0.1) is 0 Å². The van der Waals surface area contributed by atoms with Crippen molar-refractivity contribution < 1.29 is 24.2 Å². The largest absolute Gasteiger partial charge is 0.505 e. The average molecular weight is 422 g/mol. The van der Waals surface area contributed by atoms with Gasteiger partial charge in [-0.05, 0) is 54.7 Å². The third-order valence-electron chi connectivity index (χ3n) is 5.74. The molecule has 0 saturated heterocycles. The number of hydrogen-bond acceptors (Lipinski definition) is 4. The lowest BCUT2D eigenvalue weighted by atomic mass is 9.94. The van der Waals surface area contributed by atoms with Crippen LogP contribution in [-0.4, -0.2) is 33.1 Å². The molecule has 0 spiro atoms. The van der Waals surface area contributed by atoms with Crippen LogP contribution in [0.3, 0.4) is 0 Å². The number of amides is 1. The number of carboxylic acid groups (broad SMARTS) is 1. The van der Waals surface area contributed by atoms with Gasteiger partial charge < -0.3 is 15.5 Å². The number of nitrogens with zero attached hydrogens (tertiary/aromatic N) is 1. The first-order valence-corrected chi connectivity index (χ1v) is 10.4. The molecule has 1 heterocycles. The summed E-state index contributed by atoms with van der Waals surface area (Å²) < 4.78 is 13.2. The lowest BCUT2D eigenvalue weighted by Crippen LogP contribution is -2.36. The van der Waals surface area contributed by atoms with Crippen LogP contribution in [0.4, 0.5) is 4.39 Å². The first-order chi connectivity index (χ1) is 14.9. The van der Waals surface area contributed by atoms with Gasteiger partial charge in [0.15, 0.2) is 5.75 Å². The molecule has 7 heteroatoms. The van der Waals surface area contributed by atoms with Crippen molar-refractivity contribution in [2.24, 2.45) is 0 Å². The molecule has 0 unspecified atom stereocenters. The molecule has 0 atom stereocenters. The van der Waals surface area contributed by atoms with E-state index in [1.165, 1.54) is 24.4 Å². The monoisotopic (exact) mass is 422 g/mol. The van der Waals surface area contributed by atoms with Gasteiger partial charge in [0.1, 0.15) is 16.9 Å². The number of rotatable bonds is 5. The van der Waals surface area contributed by atoms with Crippen LogP contribution < -0.4 is 5.32 Å². The molecule has 2 aromatic carbocycles. The van der Waals surface area contributed by atoms with Crippen molar-refractivity contribution in [3.63, 3.8) is 0 Å². The van der Waals surface area contributed by atoms with Gasteiger partial charge in [0.25, 0.3) is 5.91 Å². The maximum Gasteiger partial charge on any atom is 0.339 e. The summed E-state index contributed by atoms with van der Waals surface area (Å²) in [6.45, 7) is 0. The fourth-order valence-corrected chi connectivity index (χ4v) is 4.12. The molecule has 1 aliphatic rings. The molecule has 3 N–H and O–H groups in total. The number of fused-ring (bicyclic) bond motifs is 1. The predicted octanol–water partition coefficient (Wildman–Crippen LogP) is 4.43. The highest BCUT2D eigenvalue weighted by Gasteiger charge is 2.23. The van der Waals surface area contributed by atoms with Crippen molar-refractivity contribution in [2.75, 3.05) is 0 Å². The van der Waals surface area contributed by atoms with Crippen molar-refractivity contribution >= 4 is 22.8 Å². The van der Waals surface area contributed by atoms with Crippen LogP contribution in [0.25, 0.3) is 10.9 Å². The summed E-state index contributed by atoms with van der Waals surface area (Å²) in [5, 5.41) is 23.3. The number of hydrogen-bond donors (Lipinski definition) is 3. The second-order valence-electron chi connectivity index (χ2n) is 7.98. The standard InChI is InChI=1S/C24H23FN2O4/c25-16-8-6-14(7-9-16)10-15-11-18-19(23(29)27-17-4-2-1-3-5-17)12-20(24(30)31)22(28)21(18)26-13-15/h6-9,11-13,17,28H,1-5,10H2,(H,27,29)(H,30,31). The number of aromatic nitrogens is 1. The molecule has 1 aromatic heterocycles. The van der Waals surface area contributed by atoms with Crippen LogP contribution in [0.5, 0.6) is 5.75 Å². The van der Waals surface area contributed by atoms with Crippen LogP contribution in [0.2, 0.25) is 0 Å². The van der Waals surface area contributed by atoms with Gasteiger partial charge >= 0.3 is 5.97 Å². The van der Waals surface area contributed by atoms with Crippen molar-refractivity contribution in [1.82, 2.24) is 10.3 Å². The zero-order chi connectivity index (χ0) is 22.0. The predicted molar refractivity (Wildman–Crippen MR) is 114 cm³/mol. The van der Waals surface area contributed by atoms with E-state index in [1.54, 1.807) is 18.2 Å². The highest BCUT2D eigenvalue weighted by Crippen LogP contribution is 2.32. The van der Waals surface area contributed by atoms with E-state index in [9.17, 15) is 24.2 Å². The summed E-state index contributed by atoms with van der Waals surface area (Å²) in [5.74, 6) is -2.50. The number of carbonyl (C=O) groups is 2. The molecule has 1 fully saturated rings. The molecule has 31 heavy (non-hydrogen) atoms. The maximum absolute atomic E-state index is 13.2. The van der Waals surface area contributed by atoms with Gasteiger partial charge in [0, 0.05) is 23.2 Å². The maximum atomic E-state index is 13.2. The van der Waals surface area contributed by atoms with E-state index < -0.39 is 11.7 Å². The van der Waals surface area contributed by atoms with E-state index in [0.29, 0.717) is 11.8 Å². The van der Waals surface area contributed by atoms with E-state index in [0.717, 1.165) is 43.2 Å². The van der Waals surface area contributed by atoms with Gasteiger partial charge in [-0.3, -0.25) is 9.78 Å². The molecule has 3 aromatic rings. The number of carbonyl (C=O) groups excluding carboxylic acids is 1. The molecule has 4 rings (SSSR count). The molecule has 0 bridgehead atoms. The molecular weight excluding hydrogens is 399 g/mol. The molecule has 0 radical (unpaired) electrons. The smallest absolute Gasteiger partial charge is 0.339 e. The van der Waals surface area contributed by atoms with Crippen LogP contribution in [0, 0.1) is 5.82 Å².